The Labute approximate surface area is 184 Å². The van der Waals surface area contributed by atoms with E-state index in [4.69, 9.17) is 10.5 Å². The van der Waals surface area contributed by atoms with Gasteiger partial charge in [-0.05, 0) is 32.0 Å². The highest BCUT2D eigenvalue weighted by Crippen LogP contribution is 2.25. The van der Waals surface area contributed by atoms with E-state index in [1.165, 1.54) is 12.3 Å². The molecule has 1 fully saturated rings. The van der Waals surface area contributed by atoms with Gasteiger partial charge in [0.2, 0.25) is 12.2 Å². The summed E-state index contributed by atoms with van der Waals surface area (Å²) in [5.74, 6) is 0.0216. The second-order valence-electron chi connectivity index (χ2n) is 7.52. The number of amides is 2. The summed E-state index contributed by atoms with van der Waals surface area (Å²) in [6.07, 6.45) is 4.79. The third-order valence-electron chi connectivity index (χ3n) is 4.52. The van der Waals surface area contributed by atoms with E-state index in [0.717, 1.165) is 25.2 Å². The van der Waals surface area contributed by atoms with Crippen LogP contribution >= 0.6 is 0 Å². The molecule has 1 saturated heterocycles. The minimum atomic E-state index is -0.566. The van der Waals surface area contributed by atoms with Crippen LogP contribution in [0.1, 0.15) is 13.8 Å². The summed E-state index contributed by atoms with van der Waals surface area (Å²) < 4.78 is 20.8. The molecule has 11 heteroatoms. The molecule has 4 N–H and O–H groups in total. The number of benzene rings is 1. The summed E-state index contributed by atoms with van der Waals surface area (Å²) in [4.78, 5) is 31.6. The molecule has 10 nitrogen and oxygen atoms in total. The van der Waals surface area contributed by atoms with Crippen LogP contribution in [0.3, 0.4) is 0 Å². The Kier molecular flexibility index (Phi) is 7.21. The first-order valence-corrected chi connectivity index (χ1v) is 10.0. The van der Waals surface area contributed by atoms with E-state index in [0.29, 0.717) is 22.7 Å². The standard InChI is InChI=1S/C17H18FN5O2.C4H8N2O/c1-10(2)25-17(24)21-12-7-20-16-22-15(9-23(16)8-12)13-6-11(19-3)4-5-14(13)18;5-4-1-6(2-4)3-7/h4-10,19H,1-3H3,(H,21,24);3-4H,1-2,5H2. The molecule has 0 saturated carbocycles. The molecule has 0 aliphatic carbocycles. The van der Waals surface area contributed by atoms with Gasteiger partial charge in [-0.3, -0.25) is 14.5 Å². The van der Waals surface area contributed by atoms with E-state index in [9.17, 15) is 14.0 Å². The van der Waals surface area contributed by atoms with Crippen molar-refractivity contribution >= 4 is 29.7 Å². The molecule has 0 atom stereocenters. The highest BCUT2D eigenvalue weighted by Gasteiger charge is 2.20. The molecule has 32 heavy (non-hydrogen) atoms. The van der Waals surface area contributed by atoms with Gasteiger partial charge < -0.3 is 20.7 Å². The summed E-state index contributed by atoms with van der Waals surface area (Å²) in [7, 11) is 1.76. The SMILES string of the molecule is CNc1ccc(F)c(-c2cn3cc(NC(=O)OC(C)C)cnc3n2)c1.NC1CN(C=O)C1. The van der Waals surface area contributed by atoms with Crippen molar-refractivity contribution < 1.29 is 18.7 Å². The average molecular weight is 443 g/mol. The Bertz CT molecular complexity index is 1100. The number of nitrogens with zero attached hydrogens (tertiary/aromatic N) is 4. The van der Waals surface area contributed by atoms with Crippen molar-refractivity contribution in [1.82, 2.24) is 19.3 Å². The Balaban J connectivity index is 0.000000352. The summed E-state index contributed by atoms with van der Waals surface area (Å²) in [5.41, 5.74) is 7.39. The molecule has 3 heterocycles. The number of rotatable bonds is 5. The lowest BCUT2D eigenvalue weighted by Crippen LogP contribution is -2.54. The highest BCUT2D eigenvalue weighted by atomic mass is 19.1. The number of aromatic nitrogens is 3. The maximum atomic E-state index is 14.1. The number of likely N-dealkylation sites (tertiary alicyclic amines) is 1. The molecule has 0 unspecified atom stereocenters. The highest BCUT2D eigenvalue weighted by molar-refractivity contribution is 5.84. The smallest absolute Gasteiger partial charge is 0.411 e. The number of carbonyl (C=O) groups excluding carboxylic acids is 2. The van der Waals surface area contributed by atoms with Gasteiger partial charge in [-0.1, -0.05) is 0 Å². The molecule has 170 valence electrons. The van der Waals surface area contributed by atoms with Crippen LogP contribution in [0.5, 0.6) is 0 Å². The topological polar surface area (TPSA) is 127 Å². The fourth-order valence-electron chi connectivity index (χ4n) is 2.95. The molecule has 0 spiro atoms. The van der Waals surface area contributed by atoms with E-state index < -0.39 is 6.09 Å². The Morgan fingerprint density at radius 2 is 2.06 bits per heavy atom. The zero-order valence-electron chi connectivity index (χ0n) is 18.1. The van der Waals surface area contributed by atoms with Crippen molar-refractivity contribution in [3.63, 3.8) is 0 Å². The van der Waals surface area contributed by atoms with E-state index in [-0.39, 0.29) is 18.0 Å². The van der Waals surface area contributed by atoms with Crippen LogP contribution in [0.15, 0.2) is 36.8 Å². The summed E-state index contributed by atoms with van der Waals surface area (Å²) in [5, 5.41) is 5.55. The van der Waals surface area contributed by atoms with E-state index >= 15 is 0 Å². The molecule has 2 aromatic heterocycles. The number of ether oxygens (including phenoxy) is 1. The van der Waals surface area contributed by atoms with E-state index in [1.54, 1.807) is 54.7 Å². The van der Waals surface area contributed by atoms with Gasteiger partial charge in [0.1, 0.15) is 5.82 Å². The van der Waals surface area contributed by atoms with Crippen molar-refractivity contribution in [2.75, 3.05) is 30.8 Å². The molecule has 1 aliphatic rings. The first-order valence-electron chi connectivity index (χ1n) is 10.0. The number of halogens is 1. The van der Waals surface area contributed by atoms with Crippen LogP contribution in [-0.4, -0.2) is 64.1 Å². The predicted octanol–water partition coefficient (Wildman–Crippen LogP) is 2.32. The quantitative estimate of drug-likeness (QED) is 0.517. The number of nitrogens with two attached hydrogens (primary N) is 1. The third kappa shape index (κ3) is 5.70. The van der Waals surface area contributed by atoms with Gasteiger partial charge in [-0.25, -0.2) is 19.2 Å². The first kappa shape index (κ1) is 22.9. The molecular formula is C21H26FN7O3. The Hall–Kier alpha value is -3.73. The van der Waals surface area contributed by atoms with Crippen LogP contribution in [0.25, 0.3) is 17.0 Å². The molecule has 1 aliphatic heterocycles. The summed E-state index contributed by atoms with van der Waals surface area (Å²) in [6, 6.07) is 4.95. The number of imidazole rings is 1. The van der Waals surface area contributed by atoms with Crippen molar-refractivity contribution in [2.24, 2.45) is 5.73 Å². The van der Waals surface area contributed by atoms with Crippen LogP contribution in [0.2, 0.25) is 0 Å². The monoisotopic (exact) mass is 443 g/mol. The zero-order valence-corrected chi connectivity index (χ0v) is 18.1. The molecule has 1 aromatic carbocycles. The fourth-order valence-corrected chi connectivity index (χ4v) is 2.95. The third-order valence-corrected chi connectivity index (χ3v) is 4.52. The van der Waals surface area contributed by atoms with Crippen LogP contribution < -0.4 is 16.4 Å². The minimum absolute atomic E-state index is 0.223. The second kappa shape index (κ2) is 10.1. The molecular weight excluding hydrogens is 417 g/mol. The number of anilines is 2. The first-order chi connectivity index (χ1) is 15.3. The van der Waals surface area contributed by atoms with Crippen molar-refractivity contribution in [3.8, 4) is 11.3 Å². The number of carbonyl (C=O) groups is 2. The molecule has 0 radical (unpaired) electrons. The number of hydrogen-bond acceptors (Lipinski definition) is 7. The maximum Gasteiger partial charge on any atom is 0.411 e. The van der Waals surface area contributed by atoms with Gasteiger partial charge in [-0.2, -0.15) is 0 Å². The van der Waals surface area contributed by atoms with Gasteiger partial charge in [-0.15, -0.1) is 0 Å². The van der Waals surface area contributed by atoms with Crippen molar-refractivity contribution in [2.45, 2.75) is 26.0 Å². The number of nitrogens with one attached hydrogen (secondary N) is 2. The van der Waals surface area contributed by atoms with Gasteiger partial charge >= 0.3 is 6.09 Å². The molecule has 3 aromatic rings. The Morgan fingerprint density at radius 3 is 2.66 bits per heavy atom. The summed E-state index contributed by atoms with van der Waals surface area (Å²) in [6.45, 7) is 5.00. The number of hydrogen-bond donors (Lipinski definition) is 3. The van der Waals surface area contributed by atoms with Gasteiger partial charge in [0.25, 0.3) is 0 Å². The maximum absolute atomic E-state index is 14.1. The fraction of sp³-hybridized carbons (Fsp3) is 0.333. The van der Waals surface area contributed by atoms with Crippen LogP contribution in [0, 0.1) is 5.82 Å². The molecule has 0 bridgehead atoms. The molecule has 2 amide bonds. The average Bonchev–Trinajstić information content (AvgIpc) is 3.14. The van der Waals surface area contributed by atoms with Crippen LogP contribution in [0.4, 0.5) is 20.6 Å². The second-order valence-corrected chi connectivity index (χ2v) is 7.52. The lowest BCUT2D eigenvalue weighted by Gasteiger charge is -2.33. The zero-order chi connectivity index (χ0) is 23.3. The minimum Gasteiger partial charge on any atom is -0.447 e. The van der Waals surface area contributed by atoms with Gasteiger partial charge in [0.05, 0.1) is 23.7 Å². The van der Waals surface area contributed by atoms with E-state index in [2.05, 4.69) is 20.6 Å². The van der Waals surface area contributed by atoms with E-state index in [1.807, 2.05) is 0 Å². The van der Waals surface area contributed by atoms with Gasteiger partial charge in [0.15, 0.2) is 0 Å². The predicted molar refractivity (Wildman–Crippen MR) is 119 cm³/mol. The largest absolute Gasteiger partial charge is 0.447 e. The summed E-state index contributed by atoms with van der Waals surface area (Å²) >= 11 is 0. The molecule has 4 rings (SSSR count). The van der Waals surface area contributed by atoms with Gasteiger partial charge in [0, 0.05) is 49.8 Å². The van der Waals surface area contributed by atoms with Crippen LogP contribution in [-0.2, 0) is 9.53 Å². The van der Waals surface area contributed by atoms with Crippen molar-refractivity contribution in [1.29, 1.82) is 0 Å². The van der Waals surface area contributed by atoms with Crippen molar-refractivity contribution in [3.05, 3.63) is 42.6 Å². The number of fused-ring (bicyclic) bond motifs is 1. The lowest BCUT2D eigenvalue weighted by molar-refractivity contribution is -0.121. The Morgan fingerprint density at radius 1 is 1.31 bits per heavy atom. The lowest BCUT2D eigenvalue weighted by atomic mass is 10.1. The normalized spacial score (nSPS) is 13.2.